The highest BCUT2D eigenvalue weighted by atomic mass is 79.9. The lowest BCUT2D eigenvalue weighted by atomic mass is 10.2. The van der Waals surface area contributed by atoms with Crippen LogP contribution in [-0.4, -0.2) is 9.97 Å². The Bertz CT molecular complexity index is 562. The third-order valence-electron chi connectivity index (χ3n) is 2.07. The van der Waals surface area contributed by atoms with Gasteiger partial charge in [-0.3, -0.25) is 0 Å². The number of benzene rings is 1. The summed E-state index contributed by atoms with van der Waals surface area (Å²) in [6.07, 6.45) is 0.976. The highest BCUT2D eigenvalue weighted by molar-refractivity contribution is 9.10. The van der Waals surface area contributed by atoms with Gasteiger partial charge in [0.1, 0.15) is 5.75 Å². The summed E-state index contributed by atoms with van der Waals surface area (Å²) in [5, 5.41) is 0. The molecule has 0 saturated carbocycles. The van der Waals surface area contributed by atoms with Crippen molar-refractivity contribution in [2.75, 3.05) is 5.73 Å². The van der Waals surface area contributed by atoms with Crippen LogP contribution in [0.2, 0.25) is 0 Å². The van der Waals surface area contributed by atoms with Gasteiger partial charge in [0.25, 0.3) is 5.88 Å². The number of halogens is 2. The average molecular weight is 298 g/mol. The maximum absolute atomic E-state index is 13.3. The van der Waals surface area contributed by atoms with Gasteiger partial charge in [-0.15, -0.1) is 0 Å². The zero-order valence-electron chi connectivity index (χ0n) is 8.95. The summed E-state index contributed by atoms with van der Waals surface area (Å²) in [4.78, 5) is 7.19. The summed E-state index contributed by atoms with van der Waals surface area (Å²) in [5.41, 5.74) is 6.34. The second-order valence-corrected chi connectivity index (χ2v) is 4.25. The van der Waals surface area contributed by atoms with Gasteiger partial charge < -0.3 is 10.5 Å². The van der Waals surface area contributed by atoms with Gasteiger partial charge in [-0.25, -0.2) is 4.98 Å². The Labute approximate surface area is 106 Å². The zero-order valence-corrected chi connectivity index (χ0v) is 10.5. The number of nitrogen functional groups attached to an aromatic ring is 1. The van der Waals surface area contributed by atoms with Gasteiger partial charge >= 0.3 is 0 Å². The molecule has 0 unspecified atom stereocenters. The molecule has 2 aromatic rings. The molecule has 0 bridgehead atoms. The summed E-state index contributed by atoms with van der Waals surface area (Å²) >= 11 is 3.37. The molecule has 17 heavy (non-hydrogen) atoms. The van der Waals surface area contributed by atoms with E-state index in [0.29, 0.717) is 5.75 Å². The smallest absolute Gasteiger partial charge is 0.260 e. The minimum Gasteiger partial charge on any atom is -0.436 e. The highest BCUT2D eigenvalue weighted by Gasteiger charge is 2.08. The van der Waals surface area contributed by atoms with E-state index in [1.807, 2.05) is 13.0 Å². The Morgan fingerprint density at radius 3 is 2.88 bits per heavy atom. The lowest BCUT2D eigenvalue weighted by Gasteiger charge is -2.07. The van der Waals surface area contributed by atoms with Crippen molar-refractivity contribution >= 4 is 21.9 Å². The molecule has 0 spiro atoms. The topological polar surface area (TPSA) is 61.0 Å². The number of anilines is 1. The van der Waals surface area contributed by atoms with Crippen molar-refractivity contribution in [2.24, 2.45) is 0 Å². The van der Waals surface area contributed by atoms with Crippen molar-refractivity contribution in [2.45, 2.75) is 6.92 Å². The van der Waals surface area contributed by atoms with Crippen LogP contribution in [0.3, 0.4) is 0 Å². The minimum absolute atomic E-state index is 0.0322. The van der Waals surface area contributed by atoms with Gasteiger partial charge in [-0.1, -0.05) is 15.9 Å². The van der Waals surface area contributed by atoms with Crippen molar-refractivity contribution in [1.82, 2.24) is 9.97 Å². The summed E-state index contributed by atoms with van der Waals surface area (Å²) in [6, 6.07) is 5.28. The molecule has 0 atom stereocenters. The average Bonchev–Trinajstić information content (AvgIpc) is 2.29. The van der Waals surface area contributed by atoms with Crippen LogP contribution >= 0.6 is 15.9 Å². The lowest BCUT2D eigenvalue weighted by molar-refractivity contribution is 0.420. The first-order valence-corrected chi connectivity index (χ1v) is 5.57. The molecule has 0 aliphatic carbocycles. The van der Waals surface area contributed by atoms with E-state index in [9.17, 15) is 4.39 Å². The lowest BCUT2D eigenvalue weighted by Crippen LogP contribution is -1.99. The second-order valence-electron chi connectivity index (χ2n) is 3.39. The van der Waals surface area contributed by atoms with Crippen LogP contribution in [0.1, 0.15) is 5.56 Å². The van der Waals surface area contributed by atoms with Crippen LogP contribution in [0, 0.1) is 12.7 Å². The fraction of sp³-hybridized carbons (Fsp3) is 0.0909. The third-order valence-corrected chi connectivity index (χ3v) is 2.96. The normalized spacial score (nSPS) is 10.3. The van der Waals surface area contributed by atoms with Gasteiger partial charge in [0.05, 0.1) is 6.20 Å². The summed E-state index contributed by atoms with van der Waals surface area (Å²) in [6.45, 7) is 1.90. The van der Waals surface area contributed by atoms with E-state index in [0.717, 1.165) is 16.2 Å². The number of nitrogens with two attached hydrogens (primary N) is 1. The molecule has 2 N–H and O–H groups in total. The molecular formula is C11H9BrFN3O. The van der Waals surface area contributed by atoms with Gasteiger partial charge in [-0.05, 0) is 30.7 Å². The molecule has 0 aliphatic rings. The molecule has 1 aromatic heterocycles. The fourth-order valence-electron chi connectivity index (χ4n) is 1.23. The van der Waals surface area contributed by atoms with E-state index >= 15 is 0 Å². The number of rotatable bonds is 2. The molecule has 6 heteroatoms. The van der Waals surface area contributed by atoms with Gasteiger partial charge in [0.15, 0.2) is 0 Å². The second kappa shape index (κ2) is 4.67. The van der Waals surface area contributed by atoms with Crippen LogP contribution in [0.15, 0.2) is 28.9 Å². The number of ether oxygens (including phenoxy) is 1. The number of hydrogen-bond donors (Lipinski definition) is 1. The first-order valence-electron chi connectivity index (χ1n) is 4.78. The van der Waals surface area contributed by atoms with E-state index in [4.69, 9.17) is 10.5 Å². The van der Waals surface area contributed by atoms with Crippen LogP contribution in [0.4, 0.5) is 10.3 Å². The maximum atomic E-state index is 13.3. The van der Waals surface area contributed by atoms with E-state index in [-0.39, 0.29) is 11.8 Å². The largest absolute Gasteiger partial charge is 0.436 e. The van der Waals surface area contributed by atoms with Crippen molar-refractivity contribution in [3.8, 4) is 11.6 Å². The molecule has 0 aliphatic heterocycles. The molecule has 0 radical (unpaired) electrons. The van der Waals surface area contributed by atoms with Crippen molar-refractivity contribution in [3.05, 3.63) is 40.2 Å². The van der Waals surface area contributed by atoms with E-state index < -0.39 is 5.82 Å². The number of nitrogens with zero attached hydrogens (tertiary/aromatic N) is 2. The van der Waals surface area contributed by atoms with E-state index in [1.165, 1.54) is 0 Å². The van der Waals surface area contributed by atoms with Crippen LogP contribution in [0.25, 0.3) is 0 Å². The fourth-order valence-corrected chi connectivity index (χ4v) is 1.47. The monoisotopic (exact) mass is 297 g/mol. The Kier molecular flexibility index (Phi) is 3.23. The van der Waals surface area contributed by atoms with Gasteiger partial charge in [0.2, 0.25) is 11.8 Å². The number of aryl methyl sites for hydroxylation is 1. The minimum atomic E-state index is -0.653. The van der Waals surface area contributed by atoms with Crippen molar-refractivity contribution < 1.29 is 9.13 Å². The first-order chi connectivity index (χ1) is 8.06. The molecule has 88 valence electrons. The molecule has 1 aromatic carbocycles. The molecular weight excluding hydrogens is 289 g/mol. The first kappa shape index (κ1) is 11.8. The third kappa shape index (κ3) is 2.71. The van der Waals surface area contributed by atoms with Gasteiger partial charge in [-0.2, -0.15) is 9.37 Å². The quantitative estimate of drug-likeness (QED) is 0.925. The highest BCUT2D eigenvalue weighted by Crippen LogP contribution is 2.26. The summed E-state index contributed by atoms with van der Waals surface area (Å²) in [5.74, 6) is -0.378. The number of aromatic nitrogens is 2. The summed E-state index contributed by atoms with van der Waals surface area (Å²) < 4.78 is 19.6. The Morgan fingerprint density at radius 1 is 1.41 bits per heavy atom. The van der Waals surface area contributed by atoms with E-state index in [1.54, 1.807) is 12.1 Å². The van der Waals surface area contributed by atoms with Crippen LogP contribution in [0.5, 0.6) is 11.6 Å². The predicted molar refractivity (Wildman–Crippen MR) is 65.4 cm³/mol. The SMILES string of the molecule is Cc1cc(Oc2nc(N)ncc2F)ccc1Br. The molecule has 0 fully saturated rings. The Hall–Kier alpha value is -1.69. The van der Waals surface area contributed by atoms with Crippen molar-refractivity contribution in [1.29, 1.82) is 0 Å². The Balaban J connectivity index is 2.31. The van der Waals surface area contributed by atoms with Gasteiger partial charge in [0, 0.05) is 4.47 Å². The van der Waals surface area contributed by atoms with Crippen LogP contribution < -0.4 is 10.5 Å². The Morgan fingerprint density at radius 2 is 2.18 bits per heavy atom. The molecule has 1 heterocycles. The predicted octanol–water partition coefficient (Wildman–Crippen LogP) is 3.06. The van der Waals surface area contributed by atoms with E-state index in [2.05, 4.69) is 25.9 Å². The molecule has 2 rings (SSSR count). The molecule has 0 amide bonds. The van der Waals surface area contributed by atoms with Crippen molar-refractivity contribution in [3.63, 3.8) is 0 Å². The maximum Gasteiger partial charge on any atom is 0.260 e. The molecule has 0 saturated heterocycles. The summed E-state index contributed by atoms with van der Waals surface area (Å²) in [7, 11) is 0. The molecule has 4 nitrogen and oxygen atoms in total. The standard InChI is InChI=1S/C11H9BrFN3O/c1-6-4-7(2-3-8(6)12)17-10-9(13)5-15-11(14)16-10/h2-5H,1H3,(H2,14,15,16). The number of hydrogen-bond acceptors (Lipinski definition) is 4. The zero-order chi connectivity index (χ0) is 12.4. The van der Waals surface area contributed by atoms with Crippen LogP contribution in [-0.2, 0) is 0 Å².